The zero-order valence-corrected chi connectivity index (χ0v) is 19.0. The minimum atomic E-state index is -5.03. The second kappa shape index (κ2) is 9.44. The zero-order valence-electron chi connectivity index (χ0n) is 16.6. The van der Waals surface area contributed by atoms with E-state index < -0.39 is 66.4 Å². The summed E-state index contributed by atoms with van der Waals surface area (Å²) in [6.45, 7) is 0.517. The van der Waals surface area contributed by atoms with Gasteiger partial charge in [-0.15, -0.1) is 12.4 Å². The van der Waals surface area contributed by atoms with Gasteiger partial charge in [0.2, 0.25) is 10.0 Å². The Labute approximate surface area is 194 Å². The SMILES string of the molecule is Cl.Cn1c(C(F)(F)F)cc(=O)n(-c2cc(C(=O)NS(=O)(=O)C3CCNC3)c(Cl)cc2F)c1=O. The van der Waals surface area contributed by atoms with Gasteiger partial charge < -0.3 is 5.32 Å². The first-order valence-electron chi connectivity index (χ1n) is 8.90. The van der Waals surface area contributed by atoms with E-state index in [9.17, 15) is 40.4 Å². The van der Waals surface area contributed by atoms with Crippen LogP contribution in [0.1, 0.15) is 22.5 Å². The zero-order chi connectivity index (χ0) is 24.0. The molecule has 0 spiro atoms. The number of amides is 1. The molecule has 33 heavy (non-hydrogen) atoms. The second-order valence-electron chi connectivity index (χ2n) is 6.92. The lowest BCUT2D eigenvalue weighted by Gasteiger charge is -2.16. The van der Waals surface area contributed by atoms with E-state index in [0.29, 0.717) is 18.7 Å². The fraction of sp³-hybridized carbons (Fsp3) is 0.353. The van der Waals surface area contributed by atoms with Gasteiger partial charge in [-0.1, -0.05) is 11.6 Å². The first kappa shape index (κ1) is 26.8. The van der Waals surface area contributed by atoms with Crippen LogP contribution >= 0.6 is 24.0 Å². The molecule has 0 saturated carbocycles. The standard InChI is InChI=1S/C17H15ClF4N4O5S.ClH/c1-25-13(17(20,21)22)6-14(27)26(16(25)29)12-4-9(10(18)5-11(12)19)15(28)24-32(30,31)8-2-3-23-7-8;/h4-6,8,23H,2-3,7H2,1H3,(H,24,28);1H. The molecule has 1 atom stereocenters. The van der Waals surface area contributed by atoms with Crippen LogP contribution in [-0.4, -0.2) is 41.8 Å². The predicted molar refractivity (Wildman–Crippen MR) is 112 cm³/mol. The van der Waals surface area contributed by atoms with Crippen LogP contribution in [0.25, 0.3) is 5.69 Å². The van der Waals surface area contributed by atoms with Crippen LogP contribution in [0.4, 0.5) is 17.6 Å². The Morgan fingerprint density at radius 1 is 1.24 bits per heavy atom. The van der Waals surface area contributed by atoms with E-state index in [2.05, 4.69) is 5.32 Å². The number of carbonyl (C=O) groups is 1. The van der Waals surface area contributed by atoms with Gasteiger partial charge in [-0.25, -0.2) is 26.9 Å². The molecule has 2 aromatic rings. The molecule has 1 amide bonds. The maximum Gasteiger partial charge on any atom is 0.431 e. The summed E-state index contributed by atoms with van der Waals surface area (Å²) in [6, 6.07) is 1.25. The van der Waals surface area contributed by atoms with Gasteiger partial charge in [-0.05, 0) is 25.1 Å². The van der Waals surface area contributed by atoms with Crippen LogP contribution < -0.4 is 21.3 Å². The number of sulfonamides is 1. The third-order valence-electron chi connectivity index (χ3n) is 4.82. The number of rotatable bonds is 4. The van der Waals surface area contributed by atoms with Crippen molar-refractivity contribution < 1.29 is 30.8 Å². The minimum absolute atomic E-state index is 0. The van der Waals surface area contributed by atoms with E-state index in [1.807, 2.05) is 0 Å². The minimum Gasteiger partial charge on any atom is -0.315 e. The largest absolute Gasteiger partial charge is 0.431 e. The van der Waals surface area contributed by atoms with Crippen molar-refractivity contribution in [1.29, 1.82) is 0 Å². The Bertz CT molecular complexity index is 1320. The highest BCUT2D eigenvalue weighted by atomic mass is 35.5. The third kappa shape index (κ3) is 5.23. The monoisotopic (exact) mass is 534 g/mol. The topological polar surface area (TPSA) is 119 Å². The van der Waals surface area contributed by atoms with Crippen LogP contribution in [0.5, 0.6) is 0 Å². The van der Waals surface area contributed by atoms with Gasteiger partial charge in [-0.2, -0.15) is 13.2 Å². The van der Waals surface area contributed by atoms with Gasteiger partial charge in [0.05, 0.1) is 21.5 Å². The number of benzene rings is 1. The van der Waals surface area contributed by atoms with E-state index in [0.717, 1.165) is 7.05 Å². The highest BCUT2D eigenvalue weighted by molar-refractivity contribution is 7.90. The highest BCUT2D eigenvalue weighted by Gasteiger charge is 2.35. The van der Waals surface area contributed by atoms with Gasteiger partial charge in [-0.3, -0.25) is 14.2 Å². The molecule has 0 radical (unpaired) electrons. The molecule has 0 bridgehead atoms. The Hall–Kier alpha value is -2.42. The Morgan fingerprint density at radius 3 is 2.42 bits per heavy atom. The smallest absolute Gasteiger partial charge is 0.315 e. The Kier molecular flexibility index (Phi) is 7.68. The van der Waals surface area contributed by atoms with E-state index in [-0.39, 0.29) is 40.6 Å². The number of nitrogens with one attached hydrogen (secondary N) is 2. The van der Waals surface area contributed by atoms with Gasteiger partial charge in [0.1, 0.15) is 11.5 Å². The molecule has 1 aromatic heterocycles. The molecule has 9 nitrogen and oxygen atoms in total. The summed E-state index contributed by atoms with van der Waals surface area (Å²) in [7, 11) is -3.40. The van der Waals surface area contributed by atoms with E-state index >= 15 is 0 Å². The van der Waals surface area contributed by atoms with Crippen molar-refractivity contribution in [2.24, 2.45) is 7.05 Å². The predicted octanol–water partition coefficient (Wildman–Crippen LogP) is 1.19. The van der Waals surface area contributed by atoms with E-state index in [4.69, 9.17) is 11.6 Å². The van der Waals surface area contributed by atoms with Crippen molar-refractivity contribution in [3.8, 4) is 5.69 Å². The molecule has 2 heterocycles. The van der Waals surface area contributed by atoms with Crippen molar-refractivity contribution in [2.45, 2.75) is 17.8 Å². The van der Waals surface area contributed by atoms with Crippen molar-refractivity contribution in [2.75, 3.05) is 13.1 Å². The molecule has 1 aromatic carbocycles. The number of aromatic nitrogens is 2. The van der Waals surface area contributed by atoms with Gasteiger partial charge in [0.25, 0.3) is 11.5 Å². The molecule has 1 fully saturated rings. The average molecular weight is 535 g/mol. The van der Waals surface area contributed by atoms with Gasteiger partial charge in [0.15, 0.2) is 0 Å². The third-order valence-corrected chi connectivity index (χ3v) is 6.88. The second-order valence-corrected chi connectivity index (χ2v) is 9.29. The molecule has 1 aliphatic rings. The number of halogens is 6. The summed E-state index contributed by atoms with van der Waals surface area (Å²) in [4.78, 5) is 37.1. The number of alkyl halides is 3. The number of hydrogen-bond acceptors (Lipinski definition) is 6. The van der Waals surface area contributed by atoms with E-state index in [1.165, 1.54) is 0 Å². The first-order valence-corrected chi connectivity index (χ1v) is 10.8. The summed E-state index contributed by atoms with van der Waals surface area (Å²) in [5.74, 6) is -2.56. The number of hydrogen-bond donors (Lipinski definition) is 2. The number of nitrogens with zero attached hydrogens (tertiary/aromatic N) is 2. The maximum atomic E-state index is 14.5. The van der Waals surface area contributed by atoms with Gasteiger partial charge in [0, 0.05) is 19.7 Å². The van der Waals surface area contributed by atoms with Crippen LogP contribution in [0.2, 0.25) is 5.02 Å². The number of carbonyl (C=O) groups excluding carboxylic acids is 1. The van der Waals surface area contributed by atoms with Crippen LogP contribution in [-0.2, 0) is 23.2 Å². The highest BCUT2D eigenvalue weighted by Crippen LogP contribution is 2.27. The molecular formula is C17H16Cl2F4N4O5S. The lowest BCUT2D eigenvalue weighted by Crippen LogP contribution is -2.41. The van der Waals surface area contributed by atoms with Crippen LogP contribution in [0.3, 0.4) is 0 Å². The average Bonchev–Trinajstić information content (AvgIpc) is 3.20. The Balaban J connectivity index is 0.00000385. The molecule has 2 N–H and O–H groups in total. The lowest BCUT2D eigenvalue weighted by molar-refractivity contribution is -0.144. The van der Waals surface area contributed by atoms with Crippen molar-refractivity contribution in [3.05, 3.63) is 61.1 Å². The summed E-state index contributed by atoms with van der Waals surface area (Å²) in [6.07, 6.45) is -4.79. The quantitative estimate of drug-likeness (QED) is 0.568. The van der Waals surface area contributed by atoms with Crippen molar-refractivity contribution in [3.63, 3.8) is 0 Å². The first-order chi connectivity index (χ1) is 14.7. The molecule has 16 heteroatoms. The Morgan fingerprint density at radius 2 is 1.88 bits per heavy atom. The molecular weight excluding hydrogens is 519 g/mol. The van der Waals surface area contributed by atoms with Crippen molar-refractivity contribution in [1.82, 2.24) is 19.2 Å². The van der Waals surface area contributed by atoms with Crippen molar-refractivity contribution >= 4 is 39.9 Å². The summed E-state index contributed by atoms with van der Waals surface area (Å²) >= 11 is 5.84. The molecule has 1 aliphatic heterocycles. The molecule has 3 rings (SSSR count). The molecule has 0 aliphatic carbocycles. The summed E-state index contributed by atoms with van der Waals surface area (Å²) < 4.78 is 80.2. The van der Waals surface area contributed by atoms with Gasteiger partial charge >= 0.3 is 11.9 Å². The fourth-order valence-electron chi connectivity index (χ4n) is 3.16. The lowest BCUT2D eigenvalue weighted by atomic mass is 10.1. The molecule has 182 valence electrons. The van der Waals surface area contributed by atoms with Crippen LogP contribution in [0.15, 0.2) is 27.8 Å². The molecule has 1 saturated heterocycles. The van der Waals surface area contributed by atoms with E-state index in [1.54, 1.807) is 4.72 Å². The molecule has 1 unspecified atom stereocenters. The normalized spacial score (nSPS) is 16.4. The maximum absolute atomic E-state index is 14.5. The summed E-state index contributed by atoms with van der Waals surface area (Å²) in [5.41, 5.74) is -6.10. The fourth-order valence-corrected chi connectivity index (χ4v) is 4.70. The van der Waals surface area contributed by atoms with Crippen LogP contribution in [0, 0.1) is 5.82 Å². The summed E-state index contributed by atoms with van der Waals surface area (Å²) in [5, 5.41) is 1.36.